The molecule has 3 aromatic carbocycles. The summed E-state index contributed by atoms with van der Waals surface area (Å²) in [5, 5.41) is 2.34. The van der Waals surface area contributed by atoms with Gasteiger partial charge in [0.05, 0.1) is 11.3 Å². The zero-order valence-electron chi connectivity index (χ0n) is 19.4. The Kier molecular flexibility index (Phi) is 8.24. The third kappa shape index (κ3) is 6.75. The summed E-state index contributed by atoms with van der Waals surface area (Å²) in [5.41, 5.74) is -0.851. The van der Waals surface area contributed by atoms with Gasteiger partial charge in [-0.1, -0.05) is 31.2 Å². The largest absolute Gasteiger partial charge is 0.418 e. The topological polar surface area (TPSA) is 75.7 Å². The van der Waals surface area contributed by atoms with Crippen LogP contribution in [0.5, 0.6) is 5.75 Å². The summed E-state index contributed by atoms with van der Waals surface area (Å²) < 4.78 is 83.3. The molecule has 6 nitrogen and oxygen atoms in total. The normalized spacial score (nSPS) is 12.6. The number of benzene rings is 3. The van der Waals surface area contributed by atoms with Crippen molar-refractivity contribution in [3.05, 3.63) is 89.7 Å². The standard InChI is InChI=1S/C25H24F4N2O4S/c1-3-17(2)31(24(32)30-23-10-5-4-9-22(23)25(27,28)29)16-18-7-6-8-20(15-18)35-36(33,34)21-13-11-19(26)12-14-21/h4-15,17H,3,16H2,1-2H3,(H,30,32). The van der Waals surface area contributed by atoms with Gasteiger partial charge in [0.2, 0.25) is 0 Å². The van der Waals surface area contributed by atoms with Crippen LogP contribution in [0, 0.1) is 5.82 Å². The summed E-state index contributed by atoms with van der Waals surface area (Å²) in [6, 6.07) is 13.7. The number of carbonyl (C=O) groups excluding carboxylic acids is 1. The Hall–Kier alpha value is -3.60. The summed E-state index contributed by atoms with van der Waals surface area (Å²) in [6.45, 7) is 3.54. The number of carbonyl (C=O) groups is 1. The van der Waals surface area contributed by atoms with Gasteiger partial charge in [-0.05, 0) is 67.4 Å². The van der Waals surface area contributed by atoms with Crippen molar-refractivity contribution in [2.45, 2.75) is 43.9 Å². The maximum absolute atomic E-state index is 13.3. The minimum atomic E-state index is -4.65. The molecule has 0 saturated carbocycles. The SMILES string of the molecule is CCC(C)N(Cc1cccc(OS(=O)(=O)c2ccc(F)cc2)c1)C(=O)Nc1ccccc1C(F)(F)F. The molecule has 3 aromatic rings. The summed E-state index contributed by atoms with van der Waals surface area (Å²) in [7, 11) is -4.24. The fourth-order valence-electron chi connectivity index (χ4n) is 3.34. The van der Waals surface area contributed by atoms with E-state index in [1.54, 1.807) is 13.0 Å². The average Bonchev–Trinajstić information content (AvgIpc) is 2.82. The molecule has 0 heterocycles. The number of hydrogen-bond donors (Lipinski definition) is 1. The molecule has 0 aliphatic rings. The smallest absolute Gasteiger partial charge is 0.379 e. The molecule has 11 heteroatoms. The van der Waals surface area contributed by atoms with Crippen LogP contribution in [0.2, 0.25) is 0 Å². The van der Waals surface area contributed by atoms with E-state index in [-0.39, 0.29) is 28.9 Å². The number of anilines is 1. The molecule has 0 aliphatic carbocycles. The van der Waals surface area contributed by atoms with Gasteiger partial charge in [0.1, 0.15) is 16.5 Å². The van der Waals surface area contributed by atoms with Crippen LogP contribution in [0.15, 0.2) is 77.7 Å². The van der Waals surface area contributed by atoms with Crippen molar-refractivity contribution in [1.82, 2.24) is 4.90 Å². The Bertz CT molecular complexity index is 1310. The summed E-state index contributed by atoms with van der Waals surface area (Å²) in [4.78, 5) is 14.1. The minimum Gasteiger partial charge on any atom is -0.379 e. The van der Waals surface area contributed by atoms with E-state index in [0.717, 1.165) is 30.3 Å². The zero-order valence-corrected chi connectivity index (χ0v) is 20.2. The maximum atomic E-state index is 13.3. The second kappa shape index (κ2) is 11.0. The van der Waals surface area contributed by atoms with Crippen molar-refractivity contribution in [2.75, 3.05) is 5.32 Å². The molecule has 0 spiro atoms. The second-order valence-corrected chi connectivity index (χ2v) is 9.54. The van der Waals surface area contributed by atoms with E-state index >= 15 is 0 Å². The van der Waals surface area contributed by atoms with Gasteiger partial charge in [-0.3, -0.25) is 0 Å². The molecule has 0 aliphatic heterocycles. The predicted molar refractivity (Wildman–Crippen MR) is 126 cm³/mol. The number of para-hydroxylation sites is 1. The van der Waals surface area contributed by atoms with E-state index in [9.17, 15) is 30.8 Å². The van der Waals surface area contributed by atoms with Gasteiger partial charge < -0.3 is 14.4 Å². The molecule has 36 heavy (non-hydrogen) atoms. The summed E-state index contributed by atoms with van der Waals surface area (Å²) in [5.74, 6) is -0.638. The van der Waals surface area contributed by atoms with Gasteiger partial charge in [-0.25, -0.2) is 9.18 Å². The van der Waals surface area contributed by atoms with Gasteiger partial charge in [-0.15, -0.1) is 0 Å². The third-order valence-electron chi connectivity index (χ3n) is 5.42. The van der Waals surface area contributed by atoms with Gasteiger partial charge in [0.25, 0.3) is 0 Å². The van der Waals surface area contributed by atoms with Crippen molar-refractivity contribution in [3.8, 4) is 5.75 Å². The van der Waals surface area contributed by atoms with Crippen LogP contribution in [-0.4, -0.2) is 25.4 Å². The summed E-state index contributed by atoms with van der Waals surface area (Å²) >= 11 is 0. The lowest BCUT2D eigenvalue weighted by molar-refractivity contribution is -0.136. The van der Waals surface area contributed by atoms with Crippen molar-refractivity contribution in [2.24, 2.45) is 0 Å². The lowest BCUT2D eigenvalue weighted by Crippen LogP contribution is -2.41. The molecular weight excluding hydrogens is 500 g/mol. The number of nitrogens with one attached hydrogen (secondary N) is 1. The van der Waals surface area contributed by atoms with Gasteiger partial charge in [0.15, 0.2) is 0 Å². The van der Waals surface area contributed by atoms with Crippen LogP contribution in [0.25, 0.3) is 0 Å². The Labute approximate surface area is 206 Å². The highest BCUT2D eigenvalue weighted by molar-refractivity contribution is 7.87. The van der Waals surface area contributed by atoms with Crippen molar-refractivity contribution in [3.63, 3.8) is 0 Å². The van der Waals surface area contributed by atoms with Gasteiger partial charge >= 0.3 is 22.3 Å². The minimum absolute atomic E-state index is 0.0250. The molecule has 0 fully saturated rings. The van der Waals surface area contributed by atoms with E-state index in [0.29, 0.717) is 12.0 Å². The zero-order chi connectivity index (χ0) is 26.5. The van der Waals surface area contributed by atoms with Crippen LogP contribution >= 0.6 is 0 Å². The Morgan fingerprint density at radius 2 is 1.69 bits per heavy atom. The van der Waals surface area contributed by atoms with Crippen LogP contribution in [-0.2, 0) is 22.8 Å². The molecule has 0 saturated heterocycles. The van der Waals surface area contributed by atoms with E-state index in [2.05, 4.69) is 5.32 Å². The number of urea groups is 1. The monoisotopic (exact) mass is 524 g/mol. The lowest BCUT2D eigenvalue weighted by Gasteiger charge is -2.29. The predicted octanol–water partition coefficient (Wildman–Crippen LogP) is 6.44. The lowest BCUT2D eigenvalue weighted by atomic mass is 10.1. The highest BCUT2D eigenvalue weighted by Gasteiger charge is 2.34. The van der Waals surface area contributed by atoms with E-state index < -0.39 is 33.7 Å². The highest BCUT2D eigenvalue weighted by Crippen LogP contribution is 2.35. The Morgan fingerprint density at radius 3 is 2.33 bits per heavy atom. The molecule has 0 aromatic heterocycles. The van der Waals surface area contributed by atoms with Crippen LogP contribution in [0.3, 0.4) is 0 Å². The number of nitrogens with zero attached hydrogens (tertiary/aromatic N) is 1. The van der Waals surface area contributed by atoms with Crippen molar-refractivity contribution < 1.29 is 35.0 Å². The van der Waals surface area contributed by atoms with Crippen LogP contribution < -0.4 is 9.50 Å². The van der Waals surface area contributed by atoms with E-state index in [4.69, 9.17) is 4.18 Å². The molecule has 0 bridgehead atoms. The van der Waals surface area contributed by atoms with Crippen molar-refractivity contribution >= 4 is 21.8 Å². The molecular formula is C25H24F4N2O4S. The Morgan fingerprint density at radius 1 is 1.03 bits per heavy atom. The number of halogens is 4. The molecule has 1 unspecified atom stereocenters. The molecule has 1 N–H and O–H groups in total. The first-order valence-electron chi connectivity index (χ1n) is 10.9. The first-order chi connectivity index (χ1) is 16.9. The molecule has 1 atom stereocenters. The third-order valence-corrected chi connectivity index (χ3v) is 6.68. The van der Waals surface area contributed by atoms with Gasteiger partial charge in [-0.2, -0.15) is 21.6 Å². The van der Waals surface area contributed by atoms with Crippen LogP contribution in [0.1, 0.15) is 31.4 Å². The first kappa shape index (κ1) is 27.0. The van der Waals surface area contributed by atoms with E-state index in [1.807, 2.05) is 6.92 Å². The fraction of sp³-hybridized carbons (Fsp3) is 0.240. The molecule has 2 amide bonds. The average molecular weight is 525 g/mol. The molecule has 192 valence electrons. The summed E-state index contributed by atoms with van der Waals surface area (Å²) in [6.07, 6.45) is -4.13. The maximum Gasteiger partial charge on any atom is 0.418 e. The van der Waals surface area contributed by atoms with E-state index in [1.165, 1.54) is 41.3 Å². The second-order valence-electron chi connectivity index (χ2n) is 8.00. The highest BCUT2D eigenvalue weighted by atomic mass is 32.2. The molecule has 0 radical (unpaired) electrons. The first-order valence-corrected chi connectivity index (χ1v) is 12.3. The fourth-order valence-corrected chi connectivity index (χ4v) is 4.27. The molecule has 3 rings (SSSR count). The quantitative estimate of drug-likeness (QED) is 0.272. The van der Waals surface area contributed by atoms with Crippen LogP contribution in [0.4, 0.5) is 28.0 Å². The number of hydrogen-bond acceptors (Lipinski definition) is 4. The number of alkyl halides is 3. The number of rotatable bonds is 8. The van der Waals surface area contributed by atoms with Gasteiger partial charge in [0, 0.05) is 12.6 Å². The van der Waals surface area contributed by atoms with Crippen molar-refractivity contribution in [1.29, 1.82) is 0 Å². The number of amides is 2. The Balaban J connectivity index is 1.82.